The minimum atomic E-state index is -1.67. The van der Waals surface area contributed by atoms with Crippen LogP contribution in [0.2, 0.25) is 13.1 Å². The highest BCUT2D eigenvalue weighted by atomic mass is 28.3. The van der Waals surface area contributed by atoms with E-state index in [1.54, 1.807) is 0 Å². The zero-order valence-corrected chi connectivity index (χ0v) is 16.1. The van der Waals surface area contributed by atoms with Gasteiger partial charge in [-0.1, -0.05) is 66.7 Å². The van der Waals surface area contributed by atoms with Gasteiger partial charge in [0.25, 0.3) is 0 Å². The van der Waals surface area contributed by atoms with Gasteiger partial charge in [0.15, 0.2) is 0 Å². The van der Waals surface area contributed by atoms with Crippen molar-refractivity contribution >= 4 is 20.4 Å². The maximum absolute atomic E-state index is 6.15. The molecule has 0 atom stereocenters. The summed E-state index contributed by atoms with van der Waals surface area (Å²) in [5.41, 5.74) is -0.545. The molecule has 2 rings (SSSR count). The van der Waals surface area contributed by atoms with Crippen LogP contribution in [-0.4, -0.2) is 26.4 Å². The topological polar surface area (TPSA) is 18.5 Å². The Morgan fingerprint density at radius 2 is 1.55 bits per heavy atom. The number of benzene rings is 1. The van der Waals surface area contributed by atoms with E-state index in [2.05, 4.69) is 84.0 Å². The summed E-state index contributed by atoms with van der Waals surface area (Å²) in [7, 11) is -1.91. The lowest BCUT2D eigenvalue weighted by atomic mass is 9.89. The lowest BCUT2D eigenvalue weighted by Crippen LogP contribution is -2.44. The van der Waals surface area contributed by atoms with E-state index in [-0.39, 0.29) is 18.3 Å². The lowest BCUT2D eigenvalue weighted by Gasteiger charge is -2.32. The Morgan fingerprint density at radius 3 is 2.00 bits per heavy atom. The second kappa shape index (κ2) is 5.99. The molecule has 1 aliphatic heterocycles. The molecule has 1 fully saturated rings. The zero-order valence-electron chi connectivity index (χ0n) is 15.1. The van der Waals surface area contributed by atoms with Gasteiger partial charge in [-0.15, -0.1) is 0 Å². The third-order valence-electron chi connectivity index (χ3n) is 5.29. The molecule has 0 radical (unpaired) electrons. The summed E-state index contributed by atoms with van der Waals surface area (Å²) < 4.78 is 12.3. The monoisotopic (exact) mass is 316 g/mol. The van der Waals surface area contributed by atoms with E-state index in [9.17, 15) is 0 Å². The third-order valence-corrected chi connectivity index (χ3v) is 9.19. The van der Waals surface area contributed by atoms with Gasteiger partial charge >= 0.3 is 7.12 Å². The van der Waals surface area contributed by atoms with Gasteiger partial charge in [0, 0.05) is 0 Å². The molecule has 1 heterocycles. The first-order chi connectivity index (χ1) is 10.1. The maximum Gasteiger partial charge on any atom is 0.486 e. The fourth-order valence-corrected chi connectivity index (χ4v) is 5.76. The van der Waals surface area contributed by atoms with Crippen LogP contribution in [0.4, 0.5) is 0 Å². The Balaban J connectivity index is 2.29. The van der Waals surface area contributed by atoms with E-state index in [4.69, 9.17) is 9.31 Å². The van der Waals surface area contributed by atoms with E-state index in [1.807, 2.05) is 0 Å². The summed E-state index contributed by atoms with van der Waals surface area (Å²) in [4.78, 5) is 0. The fraction of sp³-hybridized carbons (Fsp3) is 0.556. The van der Waals surface area contributed by atoms with Crippen molar-refractivity contribution < 1.29 is 9.31 Å². The van der Waals surface area contributed by atoms with Crippen LogP contribution in [0.25, 0.3) is 0 Å². The molecule has 0 aliphatic carbocycles. The molecule has 1 aromatic rings. The molecular formula is C18H29BO2Si. The minimum Gasteiger partial charge on any atom is -0.400 e. The highest BCUT2D eigenvalue weighted by molar-refractivity contribution is 6.96. The number of hydrogen-bond acceptors (Lipinski definition) is 2. The van der Waals surface area contributed by atoms with Gasteiger partial charge in [-0.25, -0.2) is 0 Å². The van der Waals surface area contributed by atoms with Crippen LogP contribution in [0.15, 0.2) is 41.5 Å². The zero-order chi connectivity index (χ0) is 16.6. The quantitative estimate of drug-likeness (QED) is 0.778. The Bertz CT molecular complexity index is 533. The van der Waals surface area contributed by atoms with Gasteiger partial charge in [-0.05, 0) is 34.1 Å². The number of allylic oxidation sites excluding steroid dienone is 1. The van der Waals surface area contributed by atoms with Crippen LogP contribution in [0.3, 0.4) is 0 Å². The molecule has 0 spiro atoms. The van der Waals surface area contributed by atoms with Crippen molar-refractivity contribution in [2.45, 2.75) is 65.3 Å². The number of rotatable bonds is 4. The Hall–Kier alpha value is -0.838. The molecule has 2 nitrogen and oxygen atoms in total. The first-order valence-electron chi connectivity index (χ1n) is 8.22. The average molecular weight is 316 g/mol. The highest BCUT2D eigenvalue weighted by Crippen LogP contribution is 2.37. The predicted molar refractivity (Wildman–Crippen MR) is 98.0 cm³/mol. The SMILES string of the molecule is CC/C(=C\B1OC(C)(C)C(C)(C)O1)[Si](C)(C)c1ccccc1. The molecule has 1 saturated heterocycles. The van der Waals surface area contributed by atoms with Gasteiger partial charge in [-0.2, -0.15) is 0 Å². The number of hydrogen-bond donors (Lipinski definition) is 0. The van der Waals surface area contributed by atoms with Crippen molar-refractivity contribution in [3.8, 4) is 0 Å². The van der Waals surface area contributed by atoms with Crippen LogP contribution < -0.4 is 5.19 Å². The first-order valence-corrected chi connectivity index (χ1v) is 11.2. The molecule has 0 bridgehead atoms. The van der Waals surface area contributed by atoms with Crippen molar-refractivity contribution in [3.05, 3.63) is 41.5 Å². The second-order valence-electron chi connectivity index (χ2n) is 7.66. The van der Waals surface area contributed by atoms with E-state index in [0.717, 1.165) is 6.42 Å². The summed E-state index contributed by atoms with van der Waals surface area (Å²) in [6.45, 7) is 15.5. The minimum absolute atomic E-state index is 0.240. The smallest absolute Gasteiger partial charge is 0.400 e. The van der Waals surface area contributed by atoms with Gasteiger partial charge in [-0.3, -0.25) is 0 Å². The van der Waals surface area contributed by atoms with Gasteiger partial charge in [0.05, 0.1) is 11.2 Å². The summed E-state index contributed by atoms with van der Waals surface area (Å²) in [6, 6.07) is 10.8. The summed E-state index contributed by atoms with van der Waals surface area (Å²) in [5.74, 6) is 2.23. The van der Waals surface area contributed by atoms with E-state index in [1.165, 1.54) is 10.4 Å². The molecule has 0 amide bonds. The Kier molecular flexibility index (Phi) is 4.77. The molecule has 1 aliphatic rings. The van der Waals surface area contributed by atoms with Gasteiger partial charge in [0.1, 0.15) is 8.07 Å². The largest absolute Gasteiger partial charge is 0.486 e. The van der Waals surface area contributed by atoms with Crippen molar-refractivity contribution in [3.63, 3.8) is 0 Å². The van der Waals surface area contributed by atoms with Crippen LogP contribution in [-0.2, 0) is 9.31 Å². The molecular weight excluding hydrogens is 287 g/mol. The van der Waals surface area contributed by atoms with Crippen molar-refractivity contribution in [1.29, 1.82) is 0 Å². The van der Waals surface area contributed by atoms with Crippen molar-refractivity contribution in [2.24, 2.45) is 0 Å². The van der Waals surface area contributed by atoms with Gasteiger partial charge < -0.3 is 9.31 Å². The van der Waals surface area contributed by atoms with Crippen LogP contribution in [0.1, 0.15) is 41.0 Å². The lowest BCUT2D eigenvalue weighted by molar-refractivity contribution is 0.00578. The summed E-state index contributed by atoms with van der Waals surface area (Å²) in [6.07, 6.45) is 1.04. The van der Waals surface area contributed by atoms with Crippen LogP contribution in [0, 0.1) is 0 Å². The predicted octanol–water partition coefficient (Wildman–Crippen LogP) is 4.11. The fourth-order valence-electron chi connectivity index (χ4n) is 2.93. The molecule has 0 N–H and O–H groups in total. The van der Waals surface area contributed by atoms with Crippen molar-refractivity contribution in [2.75, 3.05) is 0 Å². The van der Waals surface area contributed by atoms with Gasteiger partial charge in [0.2, 0.25) is 0 Å². The second-order valence-corrected chi connectivity index (χ2v) is 12.1. The molecule has 1 aromatic carbocycles. The third kappa shape index (κ3) is 3.24. The molecule has 0 aromatic heterocycles. The Labute approximate surface area is 137 Å². The van der Waals surface area contributed by atoms with E-state index in [0.29, 0.717) is 0 Å². The van der Waals surface area contributed by atoms with E-state index >= 15 is 0 Å². The summed E-state index contributed by atoms with van der Waals surface area (Å²) >= 11 is 0. The normalized spacial score (nSPS) is 21.2. The first kappa shape index (κ1) is 17.5. The molecule has 0 unspecified atom stereocenters. The molecule has 4 heteroatoms. The van der Waals surface area contributed by atoms with Crippen LogP contribution in [0.5, 0.6) is 0 Å². The van der Waals surface area contributed by atoms with Crippen molar-refractivity contribution in [1.82, 2.24) is 0 Å². The van der Waals surface area contributed by atoms with E-state index < -0.39 is 8.07 Å². The average Bonchev–Trinajstić information content (AvgIpc) is 2.64. The Morgan fingerprint density at radius 1 is 1.05 bits per heavy atom. The molecule has 0 saturated carbocycles. The highest BCUT2D eigenvalue weighted by Gasteiger charge is 2.50. The molecule has 22 heavy (non-hydrogen) atoms. The molecule has 120 valence electrons. The summed E-state index contributed by atoms with van der Waals surface area (Å²) in [5, 5.41) is 2.94. The maximum atomic E-state index is 6.15. The standard InChI is InChI=1S/C18H29BO2Si/c1-8-15(22(6,7)16-12-10-9-11-13-16)14-19-20-17(2,3)18(4,5)21-19/h9-14H,8H2,1-7H3/b15-14+. The van der Waals surface area contributed by atoms with Crippen LogP contribution >= 0.6 is 0 Å².